The molecule has 2 saturated heterocycles. The fraction of sp³-hybridized carbons (Fsp3) is 0.562. The summed E-state index contributed by atoms with van der Waals surface area (Å²) in [5, 5.41) is 6.15. The van der Waals surface area contributed by atoms with Crippen LogP contribution >= 0.6 is 11.8 Å². The SMILES string of the molecule is O=C(NCC1CCN(S(=O)(=O)c2ccccc2)CC1)C1CSCN1. The summed E-state index contributed by atoms with van der Waals surface area (Å²) >= 11 is 1.73. The molecule has 1 aromatic carbocycles. The lowest BCUT2D eigenvalue weighted by Gasteiger charge is -2.31. The van der Waals surface area contributed by atoms with Crippen molar-refractivity contribution in [2.24, 2.45) is 5.92 Å². The van der Waals surface area contributed by atoms with Gasteiger partial charge in [-0.25, -0.2) is 8.42 Å². The molecule has 2 aliphatic rings. The fourth-order valence-corrected chi connectivity index (χ4v) is 5.46. The summed E-state index contributed by atoms with van der Waals surface area (Å²) in [4.78, 5) is 12.4. The quantitative estimate of drug-likeness (QED) is 0.805. The highest BCUT2D eigenvalue weighted by atomic mass is 32.2. The second kappa shape index (κ2) is 7.86. The maximum atomic E-state index is 12.6. The average Bonchev–Trinajstić information content (AvgIpc) is 3.15. The van der Waals surface area contributed by atoms with Gasteiger partial charge in [0.05, 0.1) is 10.9 Å². The first kappa shape index (κ1) is 17.7. The van der Waals surface area contributed by atoms with Gasteiger partial charge in [-0.2, -0.15) is 4.31 Å². The van der Waals surface area contributed by atoms with Crippen LogP contribution in [-0.4, -0.2) is 55.9 Å². The Hall–Kier alpha value is -1.09. The number of carbonyl (C=O) groups excluding carboxylic acids is 1. The molecular weight excluding hydrogens is 346 g/mol. The van der Waals surface area contributed by atoms with Crippen molar-refractivity contribution >= 4 is 27.7 Å². The van der Waals surface area contributed by atoms with Crippen LogP contribution in [0.4, 0.5) is 0 Å². The van der Waals surface area contributed by atoms with Crippen molar-refractivity contribution in [1.29, 1.82) is 0 Å². The Kier molecular flexibility index (Phi) is 5.80. The van der Waals surface area contributed by atoms with Crippen molar-refractivity contribution in [1.82, 2.24) is 14.9 Å². The number of thioether (sulfide) groups is 1. The van der Waals surface area contributed by atoms with Gasteiger partial charge in [0.2, 0.25) is 15.9 Å². The molecule has 1 aromatic rings. The number of piperidine rings is 1. The molecule has 132 valence electrons. The lowest BCUT2D eigenvalue weighted by Crippen LogP contribution is -2.46. The molecule has 8 heteroatoms. The minimum atomic E-state index is -3.40. The number of rotatable bonds is 5. The standard InChI is InChI=1S/C16H23N3O3S2/c20-16(15-11-23-12-18-15)17-10-13-6-8-19(9-7-13)24(21,22)14-4-2-1-3-5-14/h1-5,13,15,18H,6-12H2,(H,17,20). The summed E-state index contributed by atoms with van der Waals surface area (Å²) in [6.45, 7) is 1.64. The van der Waals surface area contributed by atoms with Crippen LogP contribution in [0, 0.1) is 5.92 Å². The molecule has 0 aromatic heterocycles. The molecule has 0 bridgehead atoms. The highest BCUT2D eigenvalue weighted by Gasteiger charge is 2.30. The van der Waals surface area contributed by atoms with Crippen LogP contribution in [0.3, 0.4) is 0 Å². The van der Waals surface area contributed by atoms with E-state index in [9.17, 15) is 13.2 Å². The first-order valence-electron chi connectivity index (χ1n) is 8.21. The van der Waals surface area contributed by atoms with E-state index >= 15 is 0 Å². The Labute approximate surface area is 147 Å². The molecule has 6 nitrogen and oxygen atoms in total. The second-order valence-corrected chi connectivity index (χ2v) is 9.15. The third-order valence-electron chi connectivity index (χ3n) is 4.55. The van der Waals surface area contributed by atoms with Gasteiger partial charge in [-0.05, 0) is 30.9 Å². The third kappa shape index (κ3) is 4.11. The van der Waals surface area contributed by atoms with Crippen molar-refractivity contribution in [3.63, 3.8) is 0 Å². The molecule has 2 aliphatic heterocycles. The Morgan fingerprint density at radius 2 is 1.96 bits per heavy atom. The lowest BCUT2D eigenvalue weighted by molar-refractivity contribution is -0.122. The number of carbonyl (C=O) groups is 1. The summed E-state index contributed by atoms with van der Waals surface area (Å²) in [5.74, 6) is 2.04. The topological polar surface area (TPSA) is 78.5 Å². The van der Waals surface area contributed by atoms with Gasteiger partial charge in [0, 0.05) is 31.3 Å². The van der Waals surface area contributed by atoms with E-state index in [2.05, 4.69) is 10.6 Å². The normalized spacial score (nSPS) is 23.2. The molecular formula is C16H23N3O3S2. The van der Waals surface area contributed by atoms with Crippen LogP contribution in [0.25, 0.3) is 0 Å². The van der Waals surface area contributed by atoms with Gasteiger partial charge < -0.3 is 5.32 Å². The highest BCUT2D eigenvalue weighted by molar-refractivity contribution is 7.99. The van der Waals surface area contributed by atoms with E-state index in [-0.39, 0.29) is 11.9 Å². The van der Waals surface area contributed by atoms with Crippen LogP contribution in [-0.2, 0) is 14.8 Å². The molecule has 0 spiro atoms. The van der Waals surface area contributed by atoms with Crippen molar-refractivity contribution in [2.45, 2.75) is 23.8 Å². The van der Waals surface area contributed by atoms with Gasteiger partial charge in [0.25, 0.3) is 0 Å². The maximum Gasteiger partial charge on any atom is 0.243 e. The van der Waals surface area contributed by atoms with Gasteiger partial charge in [-0.1, -0.05) is 18.2 Å². The number of benzene rings is 1. The largest absolute Gasteiger partial charge is 0.354 e. The van der Waals surface area contributed by atoms with Gasteiger partial charge in [-0.15, -0.1) is 11.8 Å². The number of sulfonamides is 1. The minimum Gasteiger partial charge on any atom is -0.354 e. The predicted molar refractivity (Wildman–Crippen MR) is 95.2 cm³/mol. The third-order valence-corrected chi connectivity index (χ3v) is 7.40. The van der Waals surface area contributed by atoms with Crippen LogP contribution in [0.1, 0.15) is 12.8 Å². The van der Waals surface area contributed by atoms with E-state index in [1.54, 1.807) is 40.3 Å². The van der Waals surface area contributed by atoms with Crippen LogP contribution in [0.15, 0.2) is 35.2 Å². The second-order valence-electron chi connectivity index (χ2n) is 6.18. The van der Waals surface area contributed by atoms with Crippen LogP contribution in [0.2, 0.25) is 0 Å². The summed E-state index contributed by atoms with van der Waals surface area (Å²) in [7, 11) is -3.40. The number of nitrogens with one attached hydrogen (secondary N) is 2. The zero-order valence-corrected chi connectivity index (χ0v) is 15.1. The lowest BCUT2D eigenvalue weighted by atomic mass is 9.98. The van der Waals surface area contributed by atoms with E-state index < -0.39 is 10.0 Å². The molecule has 1 atom stereocenters. The fourth-order valence-electron chi connectivity index (χ4n) is 3.03. The molecule has 2 fully saturated rings. The van der Waals surface area contributed by atoms with E-state index in [0.717, 1.165) is 24.5 Å². The van der Waals surface area contributed by atoms with Crippen LogP contribution < -0.4 is 10.6 Å². The molecule has 0 radical (unpaired) electrons. The van der Waals surface area contributed by atoms with Gasteiger partial charge in [-0.3, -0.25) is 10.1 Å². The maximum absolute atomic E-state index is 12.6. The van der Waals surface area contributed by atoms with Crippen molar-refractivity contribution in [2.75, 3.05) is 31.3 Å². The summed E-state index contributed by atoms with van der Waals surface area (Å²) < 4.78 is 26.7. The van der Waals surface area contributed by atoms with Crippen LogP contribution in [0.5, 0.6) is 0 Å². The zero-order chi connectivity index (χ0) is 17.0. The van der Waals surface area contributed by atoms with E-state index in [1.165, 1.54) is 0 Å². The molecule has 3 rings (SSSR count). The highest BCUT2D eigenvalue weighted by Crippen LogP contribution is 2.23. The van der Waals surface area contributed by atoms with Gasteiger partial charge in [0.15, 0.2) is 0 Å². The molecule has 2 N–H and O–H groups in total. The van der Waals surface area contributed by atoms with E-state index in [1.807, 2.05) is 6.07 Å². The summed E-state index contributed by atoms with van der Waals surface area (Å²) in [6.07, 6.45) is 1.55. The smallest absolute Gasteiger partial charge is 0.243 e. The van der Waals surface area contributed by atoms with Crippen molar-refractivity contribution < 1.29 is 13.2 Å². The minimum absolute atomic E-state index is 0.0549. The molecule has 24 heavy (non-hydrogen) atoms. The Balaban J connectivity index is 1.48. The first-order chi connectivity index (χ1) is 11.6. The number of hydrogen-bond donors (Lipinski definition) is 2. The molecule has 1 unspecified atom stereocenters. The predicted octanol–water partition coefficient (Wildman–Crippen LogP) is 0.866. The Morgan fingerprint density at radius 1 is 1.25 bits per heavy atom. The number of amides is 1. The number of hydrogen-bond acceptors (Lipinski definition) is 5. The zero-order valence-electron chi connectivity index (χ0n) is 13.5. The van der Waals surface area contributed by atoms with Gasteiger partial charge >= 0.3 is 0 Å². The monoisotopic (exact) mass is 369 g/mol. The molecule has 0 saturated carbocycles. The van der Waals surface area contributed by atoms with E-state index in [0.29, 0.717) is 30.4 Å². The number of nitrogens with zero attached hydrogens (tertiary/aromatic N) is 1. The Bertz CT molecular complexity index is 652. The van der Waals surface area contributed by atoms with Crippen molar-refractivity contribution in [3.05, 3.63) is 30.3 Å². The van der Waals surface area contributed by atoms with E-state index in [4.69, 9.17) is 0 Å². The summed E-state index contributed by atoms with van der Waals surface area (Å²) in [6, 6.07) is 8.47. The Morgan fingerprint density at radius 3 is 2.58 bits per heavy atom. The molecule has 0 aliphatic carbocycles. The molecule has 1 amide bonds. The van der Waals surface area contributed by atoms with Crippen molar-refractivity contribution in [3.8, 4) is 0 Å². The van der Waals surface area contributed by atoms with Gasteiger partial charge in [0.1, 0.15) is 0 Å². The summed E-state index contributed by atoms with van der Waals surface area (Å²) in [5.41, 5.74) is 0. The first-order valence-corrected chi connectivity index (χ1v) is 10.8. The average molecular weight is 370 g/mol. The molecule has 2 heterocycles.